The van der Waals surface area contributed by atoms with E-state index in [1.165, 1.54) is 23.9 Å². The molecule has 0 fully saturated rings. The highest BCUT2D eigenvalue weighted by Gasteiger charge is 2.17. The van der Waals surface area contributed by atoms with Crippen molar-refractivity contribution < 1.29 is 13.9 Å². The summed E-state index contributed by atoms with van der Waals surface area (Å²) in [5.41, 5.74) is 2.73. The van der Waals surface area contributed by atoms with Gasteiger partial charge in [0.2, 0.25) is 5.91 Å². The summed E-state index contributed by atoms with van der Waals surface area (Å²) < 4.78 is 20.3. The maximum absolute atomic E-state index is 13.0. The molecular weight excluding hydrogens is 439 g/mol. The first-order valence-corrected chi connectivity index (χ1v) is 11.4. The molecule has 6 nitrogen and oxygen atoms in total. The maximum Gasteiger partial charge on any atom is 0.230 e. The fraction of sp³-hybridized carbons (Fsp3) is 0.160. The van der Waals surface area contributed by atoms with Gasteiger partial charge in [-0.15, -0.1) is 10.2 Å². The molecule has 1 heterocycles. The first kappa shape index (κ1) is 22.5. The highest BCUT2D eigenvalue weighted by Crippen LogP contribution is 2.29. The SMILES string of the molecule is COc1cccc(-c2nnc(SCC(=O)NCCc3ccc(F)cc3)n2-c2ccccc2)c1. The van der Waals surface area contributed by atoms with E-state index in [-0.39, 0.29) is 17.5 Å². The summed E-state index contributed by atoms with van der Waals surface area (Å²) >= 11 is 1.32. The van der Waals surface area contributed by atoms with Crippen molar-refractivity contribution in [2.75, 3.05) is 19.4 Å². The zero-order chi connectivity index (χ0) is 23.0. The van der Waals surface area contributed by atoms with Crippen LogP contribution >= 0.6 is 11.8 Å². The molecule has 0 bridgehead atoms. The van der Waals surface area contributed by atoms with Gasteiger partial charge < -0.3 is 10.1 Å². The van der Waals surface area contributed by atoms with E-state index >= 15 is 0 Å². The van der Waals surface area contributed by atoms with E-state index in [9.17, 15) is 9.18 Å². The number of nitrogens with zero attached hydrogens (tertiary/aromatic N) is 3. The Morgan fingerprint density at radius 1 is 1.03 bits per heavy atom. The molecule has 0 spiro atoms. The lowest BCUT2D eigenvalue weighted by atomic mass is 10.1. The fourth-order valence-electron chi connectivity index (χ4n) is 3.30. The van der Waals surface area contributed by atoms with E-state index < -0.39 is 0 Å². The molecule has 1 N–H and O–H groups in total. The molecular formula is C25H23FN4O2S. The number of nitrogens with one attached hydrogen (secondary N) is 1. The third-order valence-electron chi connectivity index (χ3n) is 4.96. The minimum absolute atomic E-state index is 0.104. The number of hydrogen-bond acceptors (Lipinski definition) is 5. The summed E-state index contributed by atoms with van der Waals surface area (Å²) in [5.74, 6) is 1.22. The van der Waals surface area contributed by atoms with Gasteiger partial charge >= 0.3 is 0 Å². The van der Waals surface area contributed by atoms with E-state index in [1.54, 1.807) is 19.2 Å². The molecule has 3 aromatic carbocycles. The molecule has 0 radical (unpaired) electrons. The van der Waals surface area contributed by atoms with Crippen LogP contribution in [-0.4, -0.2) is 40.1 Å². The van der Waals surface area contributed by atoms with Gasteiger partial charge in [-0.1, -0.05) is 54.2 Å². The number of rotatable bonds is 9. The van der Waals surface area contributed by atoms with Crippen LogP contribution in [0.2, 0.25) is 0 Å². The molecule has 0 unspecified atom stereocenters. The monoisotopic (exact) mass is 462 g/mol. The second-order valence-electron chi connectivity index (χ2n) is 7.22. The van der Waals surface area contributed by atoms with E-state index in [2.05, 4.69) is 15.5 Å². The van der Waals surface area contributed by atoms with E-state index in [0.29, 0.717) is 23.9 Å². The Bertz CT molecular complexity index is 1210. The quantitative estimate of drug-likeness (QED) is 0.370. The number of benzene rings is 3. The Kier molecular flexibility index (Phi) is 7.36. The fourth-order valence-corrected chi connectivity index (χ4v) is 4.08. The largest absolute Gasteiger partial charge is 0.497 e. The van der Waals surface area contributed by atoms with Crippen LogP contribution in [0.15, 0.2) is 84.0 Å². The second-order valence-corrected chi connectivity index (χ2v) is 8.17. The number of thioether (sulfide) groups is 1. The molecule has 0 atom stereocenters. The van der Waals surface area contributed by atoms with Crippen LogP contribution in [0.25, 0.3) is 17.1 Å². The summed E-state index contributed by atoms with van der Waals surface area (Å²) in [6.45, 7) is 0.478. The van der Waals surface area contributed by atoms with Gasteiger partial charge in [-0.05, 0) is 48.4 Å². The Balaban J connectivity index is 1.46. The molecule has 0 saturated heterocycles. The topological polar surface area (TPSA) is 69.0 Å². The third-order valence-corrected chi connectivity index (χ3v) is 5.89. The summed E-state index contributed by atoms with van der Waals surface area (Å²) in [5, 5.41) is 12.3. The molecule has 33 heavy (non-hydrogen) atoms. The first-order chi connectivity index (χ1) is 16.1. The molecule has 0 aliphatic heterocycles. The van der Waals surface area contributed by atoms with Crippen LogP contribution in [0, 0.1) is 5.82 Å². The van der Waals surface area contributed by atoms with Gasteiger partial charge in [0.15, 0.2) is 11.0 Å². The van der Waals surface area contributed by atoms with Crippen LogP contribution < -0.4 is 10.1 Å². The summed E-state index contributed by atoms with van der Waals surface area (Å²) in [7, 11) is 1.62. The Morgan fingerprint density at radius 3 is 2.58 bits per heavy atom. The van der Waals surface area contributed by atoms with Gasteiger partial charge in [0.05, 0.1) is 12.9 Å². The van der Waals surface area contributed by atoms with Crippen LogP contribution in [0.5, 0.6) is 5.75 Å². The van der Waals surface area contributed by atoms with Crippen molar-refractivity contribution in [1.82, 2.24) is 20.1 Å². The first-order valence-electron chi connectivity index (χ1n) is 10.4. The normalized spacial score (nSPS) is 10.7. The summed E-state index contributed by atoms with van der Waals surface area (Å²) in [4.78, 5) is 12.4. The zero-order valence-corrected chi connectivity index (χ0v) is 18.9. The molecule has 4 rings (SSSR count). The Morgan fingerprint density at radius 2 is 1.82 bits per heavy atom. The number of hydrogen-bond donors (Lipinski definition) is 1. The maximum atomic E-state index is 13.0. The molecule has 8 heteroatoms. The number of para-hydroxylation sites is 1. The zero-order valence-electron chi connectivity index (χ0n) is 18.1. The van der Waals surface area contributed by atoms with Gasteiger partial charge in [-0.2, -0.15) is 0 Å². The van der Waals surface area contributed by atoms with Gasteiger partial charge in [0.1, 0.15) is 11.6 Å². The standard InChI is InChI=1S/C25H23FN4O2S/c1-32-22-9-5-6-19(16-22)24-28-29-25(30(24)21-7-3-2-4-8-21)33-17-23(31)27-15-14-18-10-12-20(26)13-11-18/h2-13,16H,14-15,17H2,1H3,(H,27,31). The molecule has 4 aromatic rings. The van der Waals surface area contributed by atoms with Gasteiger partial charge in [-0.25, -0.2) is 4.39 Å². The lowest BCUT2D eigenvalue weighted by molar-refractivity contribution is -0.118. The number of halogens is 1. The average Bonchev–Trinajstić information content (AvgIpc) is 3.28. The third kappa shape index (κ3) is 5.78. The van der Waals surface area contributed by atoms with Crippen molar-refractivity contribution in [1.29, 1.82) is 0 Å². The number of aromatic nitrogens is 3. The molecule has 0 saturated carbocycles. The van der Waals surface area contributed by atoms with Gasteiger partial charge in [0.25, 0.3) is 0 Å². The van der Waals surface area contributed by atoms with Crippen LogP contribution in [0.4, 0.5) is 4.39 Å². The Hall–Kier alpha value is -3.65. The lowest BCUT2D eigenvalue weighted by Gasteiger charge is -2.11. The van der Waals surface area contributed by atoms with Gasteiger partial charge in [-0.3, -0.25) is 9.36 Å². The summed E-state index contributed by atoms with van der Waals surface area (Å²) in [6.07, 6.45) is 0.636. The number of methoxy groups -OCH3 is 1. The number of amides is 1. The van der Waals surface area contributed by atoms with Crippen LogP contribution in [-0.2, 0) is 11.2 Å². The smallest absolute Gasteiger partial charge is 0.230 e. The lowest BCUT2D eigenvalue weighted by Crippen LogP contribution is -2.27. The van der Waals surface area contributed by atoms with Crippen molar-refractivity contribution in [3.63, 3.8) is 0 Å². The van der Waals surface area contributed by atoms with E-state index in [4.69, 9.17) is 4.74 Å². The van der Waals surface area contributed by atoms with Crippen molar-refractivity contribution in [2.45, 2.75) is 11.6 Å². The highest BCUT2D eigenvalue weighted by molar-refractivity contribution is 7.99. The molecule has 0 aliphatic rings. The predicted octanol–water partition coefficient (Wildman–Crippen LogP) is 4.53. The average molecular weight is 463 g/mol. The number of carbonyl (C=O) groups is 1. The molecule has 1 amide bonds. The number of carbonyl (C=O) groups excluding carboxylic acids is 1. The van der Waals surface area contributed by atoms with Gasteiger partial charge in [0, 0.05) is 17.8 Å². The molecule has 168 valence electrons. The molecule has 1 aromatic heterocycles. The van der Waals surface area contributed by atoms with E-state index in [1.807, 2.05) is 59.2 Å². The van der Waals surface area contributed by atoms with Crippen LogP contribution in [0.3, 0.4) is 0 Å². The van der Waals surface area contributed by atoms with Crippen LogP contribution in [0.1, 0.15) is 5.56 Å². The number of ether oxygens (including phenoxy) is 1. The Labute approximate surface area is 195 Å². The van der Waals surface area contributed by atoms with E-state index in [0.717, 1.165) is 22.6 Å². The van der Waals surface area contributed by atoms with Crippen molar-refractivity contribution in [3.8, 4) is 22.8 Å². The van der Waals surface area contributed by atoms with Crippen molar-refractivity contribution >= 4 is 17.7 Å². The second kappa shape index (κ2) is 10.8. The molecule has 0 aliphatic carbocycles. The van der Waals surface area contributed by atoms with Crippen molar-refractivity contribution in [2.24, 2.45) is 0 Å². The minimum Gasteiger partial charge on any atom is -0.497 e. The predicted molar refractivity (Wildman–Crippen MR) is 127 cm³/mol. The van der Waals surface area contributed by atoms with Crippen molar-refractivity contribution in [3.05, 3.63) is 90.2 Å². The summed E-state index contributed by atoms with van der Waals surface area (Å²) in [6, 6.07) is 23.7. The minimum atomic E-state index is -0.268. The highest BCUT2D eigenvalue weighted by atomic mass is 32.2.